The largest absolute Gasteiger partial charge is 0.383 e. The molecule has 0 saturated carbocycles. The molecule has 2 rings (SSSR count). The number of imidazole rings is 1. The zero-order valence-electron chi connectivity index (χ0n) is 10.8. The topological polar surface area (TPSA) is 39.1 Å². The first-order valence-corrected chi connectivity index (χ1v) is 6.24. The maximum Gasteiger partial charge on any atom is 0.207 e. The lowest BCUT2D eigenvalue weighted by atomic mass is 10.3. The van der Waals surface area contributed by atoms with E-state index in [1.165, 1.54) is 6.07 Å². The summed E-state index contributed by atoms with van der Waals surface area (Å²) in [4.78, 5) is 4.32. The molecule has 0 aliphatic heterocycles. The molecule has 4 nitrogen and oxygen atoms in total. The fourth-order valence-corrected chi connectivity index (χ4v) is 1.91. The number of methoxy groups -OCH3 is 1. The molecule has 0 bridgehead atoms. The molecule has 0 fully saturated rings. The Hall–Kier alpha value is -1.59. The second-order valence-electron chi connectivity index (χ2n) is 4.09. The van der Waals surface area contributed by atoms with Crippen LogP contribution < -0.4 is 5.32 Å². The average Bonchev–Trinajstić information content (AvgIpc) is 2.71. The number of hydrogen-bond donors (Lipinski definition) is 1. The van der Waals surface area contributed by atoms with Crippen molar-refractivity contribution in [2.24, 2.45) is 0 Å². The first-order chi connectivity index (χ1) is 9.11. The maximum absolute atomic E-state index is 13.9. The normalized spacial score (nSPS) is 10.7. The second-order valence-corrected chi connectivity index (χ2v) is 4.53. The van der Waals surface area contributed by atoms with Crippen molar-refractivity contribution in [2.45, 2.75) is 6.92 Å². The molecule has 0 unspecified atom stereocenters. The van der Waals surface area contributed by atoms with Crippen molar-refractivity contribution in [3.63, 3.8) is 0 Å². The number of aromatic nitrogens is 2. The van der Waals surface area contributed by atoms with E-state index in [1.54, 1.807) is 30.0 Å². The lowest BCUT2D eigenvalue weighted by Gasteiger charge is -2.10. The number of anilines is 1. The van der Waals surface area contributed by atoms with E-state index in [0.29, 0.717) is 29.8 Å². The number of ether oxygens (including phenoxy) is 1. The molecular formula is C13H15ClFN3O. The highest BCUT2D eigenvalue weighted by molar-refractivity contribution is 6.30. The molecule has 19 heavy (non-hydrogen) atoms. The molecule has 0 aliphatic carbocycles. The van der Waals surface area contributed by atoms with Crippen molar-refractivity contribution in [2.75, 3.05) is 25.6 Å². The smallest absolute Gasteiger partial charge is 0.207 e. The van der Waals surface area contributed by atoms with Gasteiger partial charge in [-0.05, 0) is 25.1 Å². The molecule has 0 radical (unpaired) electrons. The third-order valence-corrected chi connectivity index (χ3v) is 2.82. The van der Waals surface area contributed by atoms with Gasteiger partial charge in [0.05, 0.1) is 18.0 Å². The van der Waals surface area contributed by atoms with Crippen molar-refractivity contribution >= 4 is 17.5 Å². The van der Waals surface area contributed by atoms with Crippen LogP contribution in [-0.4, -0.2) is 29.8 Å². The van der Waals surface area contributed by atoms with Gasteiger partial charge in [-0.2, -0.15) is 0 Å². The van der Waals surface area contributed by atoms with E-state index < -0.39 is 0 Å². The molecule has 1 aromatic carbocycles. The van der Waals surface area contributed by atoms with E-state index in [2.05, 4.69) is 10.3 Å². The van der Waals surface area contributed by atoms with Crippen LogP contribution in [0.15, 0.2) is 24.4 Å². The van der Waals surface area contributed by atoms with E-state index in [9.17, 15) is 4.39 Å². The van der Waals surface area contributed by atoms with Crippen LogP contribution in [0.3, 0.4) is 0 Å². The summed E-state index contributed by atoms with van der Waals surface area (Å²) in [5.74, 6) is 0.190. The quantitative estimate of drug-likeness (QED) is 0.857. The zero-order valence-corrected chi connectivity index (χ0v) is 11.5. The van der Waals surface area contributed by atoms with Gasteiger partial charge in [0.15, 0.2) is 0 Å². The van der Waals surface area contributed by atoms with Gasteiger partial charge in [0.25, 0.3) is 0 Å². The van der Waals surface area contributed by atoms with E-state index >= 15 is 0 Å². The minimum absolute atomic E-state index is 0.368. The second kappa shape index (κ2) is 6.04. The molecule has 0 amide bonds. The number of nitrogens with one attached hydrogen (secondary N) is 1. The monoisotopic (exact) mass is 283 g/mol. The summed E-state index contributed by atoms with van der Waals surface area (Å²) >= 11 is 5.75. The molecule has 1 aromatic heterocycles. The standard InChI is InChI=1S/C13H15ClFN3O/c1-9-8-18(13(17-9)16-5-6-19-2)12-4-3-10(14)7-11(12)15/h3-4,7-8H,5-6H2,1-2H3,(H,16,17). The van der Waals surface area contributed by atoms with Crippen LogP contribution in [0.2, 0.25) is 5.02 Å². The van der Waals surface area contributed by atoms with E-state index in [-0.39, 0.29) is 5.82 Å². The van der Waals surface area contributed by atoms with Gasteiger partial charge in [0.2, 0.25) is 5.95 Å². The highest BCUT2D eigenvalue weighted by atomic mass is 35.5. The Balaban J connectivity index is 2.32. The van der Waals surface area contributed by atoms with Crippen molar-refractivity contribution < 1.29 is 9.13 Å². The summed E-state index contributed by atoms with van der Waals surface area (Å²) in [6, 6.07) is 4.56. The summed E-state index contributed by atoms with van der Waals surface area (Å²) in [6.45, 7) is 3.00. The third kappa shape index (κ3) is 3.24. The molecule has 0 saturated heterocycles. The summed E-state index contributed by atoms with van der Waals surface area (Å²) < 4.78 is 20.6. The average molecular weight is 284 g/mol. The Labute approximate surface area is 116 Å². The molecule has 2 aromatic rings. The van der Waals surface area contributed by atoms with Gasteiger partial charge < -0.3 is 10.1 Å². The van der Waals surface area contributed by atoms with Crippen molar-refractivity contribution in [3.05, 3.63) is 40.9 Å². The Morgan fingerprint density at radius 1 is 1.47 bits per heavy atom. The van der Waals surface area contributed by atoms with Gasteiger partial charge in [-0.25, -0.2) is 9.37 Å². The van der Waals surface area contributed by atoms with Gasteiger partial charge in [-0.15, -0.1) is 0 Å². The number of aryl methyl sites for hydroxylation is 1. The maximum atomic E-state index is 13.9. The van der Waals surface area contributed by atoms with Gasteiger partial charge in [-0.1, -0.05) is 11.6 Å². The Morgan fingerprint density at radius 3 is 2.95 bits per heavy atom. The predicted molar refractivity (Wildman–Crippen MR) is 73.6 cm³/mol. The highest BCUT2D eigenvalue weighted by Crippen LogP contribution is 2.22. The highest BCUT2D eigenvalue weighted by Gasteiger charge is 2.11. The summed E-state index contributed by atoms with van der Waals surface area (Å²) in [5, 5.41) is 3.47. The molecule has 0 aliphatic rings. The Kier molecular flexibility index (Phi) is 4.39. The fourth-order valence-electron chi connectivity index (χ4n) is 1.75. The Morgan fingerprint density at radius 2 is 2.26 bits per heavy atom. The molecular weight excluding hydrogens is 269 g/mol. The summed E-state index contributed by atoms with van der Waals surface area (Å²) in [6.07, 6.45) is 1.77. The number of hydrogen-bond acceptors (Lipinski definition) is 3. The van der Waals surface area contributed by atoms with Crippen LogP contribution >= 0.6 is 11.6 Å². The van der Waals surface area contributed by atoms with Gasteiger partial charge in [-0.3, -0.25) is 4.57 Å². The molecule has 1 N–H and O–H groups in total. The number of nitrogens with zero attached hydrogens (tertiary/aromatic N) is 2. The van der Waals surface area contributed by atoms with Crippen LogP contribution in [0, 0.1) is 12.7 Å². The molecule has 102 valence electrons. The Bertz CT molecular complexity index is 571. The van der Waals surface area contributed by atoms with Crippen LogP contribution in [0.5, 0.6) is 0 Å². The molecule has 1 heterocycles. The van der Waals surface area contributed by atoms with Gasteiger partial charge >= 0.3 is 0 Å². The van der Waals surface area contributed by atoms with Crippen molar-refractivity contribution in [3.8, 4) is 5.69 Å². The van der Waals surface area contributed by atoms with E-state index in [0.717, 1.165) is 5.69 Å². The van der Waals surface area contributed by atoms with Crippen LogP contribution in [0.1, 0.15) is 5.69 Å². The zero-order chi connectivity index (χ0) is 13.8. The number of halogens is 2. The van der Waals surface area contributed by atoms with Crippen LogP contribution in [-0.2, 0) is 4.74 Å². The predicted octanol–water partition coefficient (Wildman–Crippen LogP) is 3.03. The third-order valence-electron chi connectivity index (χ3n) is 2.58. The van der Waals surface area contributed by atoms with E-state index in [4.69, 9.17) is 16.3 Å². The first-order valence-electron chi connectivity index (χ1n) is 5.86. The summed E-state index contributed by atoms with van der Waals surface area (Å²) in [5.41, 5.74) is 1.21. The van der Waals surface area contributed by atoms with Crippen molar-refractivity contribution in [1.82, 2.24) is 9.55 Å². The number of benzene rings is 1. The van der Waals surface area contributed by atoms with Crippen LogP contribution in [0.4, 0.5) is 10.3 Å². The lowest BCUT2D eigenvalue weighted by Crippen LogP contribution is -2.12. The van der Waals surface area contributed by atoms with Gasteiger partial charge in [0, 0.05) is 24.9 Å². The molecule has 0 atom stereocenters. The number of rotatable bonds is 5. The SMILES string of the molecule is COCCNc1nc(C)cn1-c1ccc(Cl)cc1F. The minimum Gasteiger partial charge on any atom is -0.383 e. The van der Waals surface area contributed by atoms with Crippen molar-refractivity contribution in [1.29, 1.82) is 0 Å². The first kappa shape index (κ1) is 13.8. The minimum atomic E-state index is -0.389. The molecule has 0 spiro atoms. The summed E-state index contributed by atoms with van der Waals surface area (Å²) in [7, 11) is 1.62. The molecule has 6 heteroatoms. The fraction of sp³-hybridized carbons (Fsp3) is 0.308. The lowest BCUT2D eigenvalue weighted by molar-refractivity contribution is 0.210. The van der Waals surface area contributed by atoms with E-state index in [1.807, 2.05) is 6.92 Å². The van der Waals surface area contributed by atoms with Gasteiger partial charge in [0.1, 0.15) is 5.82 Å². The van der Waals surface area contributed by atoms with Crippen LogP contribution in [0.25, 0.3) is 5.69 Å².